The van der Waals surface area contributed by atoms with Crippen LogP contribution in [0.15, 0.2) is 58.4 Å². The van der Waals surface area contributed by atoms with Crippen molar-refractivity contribution in [2.45, 2.75) is 35.7 Å². The van der Waals surface area contributed by atoms with Crippen LogP contribution in [0.5, 0.6) is 5.75 Å². The number of thioether (sulfide) groups is 1. The molecule has 1 aromatic heterocycles. The Morgan fingerprint density at radius 3 is 2.64 bits per heavy atom. The van der Waals surface area contributed by atoms with E-state index in [-0.39, 0.29) is 49.6 Å². The third kappa shape index (κ3) is 4.71. The van der Waals surface area contributed by atoms with Crippen LogP contribution in [0.25, 0.3) is 0 Å². The lowest BCUT2D eigenvalue weighted by Gasteiger charge is -2.51. The zero-order valence-corrected chi connectivity index (χ0v) is 23.2. The van der Waals surface area contributed by atoms with Crippen molar-refractivity contribution in [1.82, 2.24) is 9.58 Å². The minimum Gasteiger partial charge on any atom is -0.469 e. The SMILES string of the molecule is COC(=O)CCC(=O)Oc1c2n(ccc1=O)N([C@@H]1c3ccccc3SCc3c1ccc(F)c3F)[C@@H]1COCCN1C2=O. The number of amides is 1. The minimum absolute atomic E-state index is 0.0936. The highest BCUT2D eigenvalue weighted by Gasteiger charge is 2.46. The van der Waals surface area contributed by atoms with Gasteiger partial charge in [0.15, 0.2) is 17.3 Å². The molecule has 1 saturated heterocycles. The van der Waals surface area contributed by atoms with Gasteiger partial charge >= 0.3 is 11.9 Å². The maximum atomic E-state index is 15.3. The Hall–Kier alpha value is -4.23. The van der Waals surface area contributed by atoms with E-state index in [0.717, 1.165) is 22.6 Å². The molecule has 0 unspecified atom stereocenters. The van der Waals surface area contributed by atoms with Gasteiger partial charge in [-0.05, 0) is 23.3 Å². The zero-order valence-electron chi connectivity index (χ0n) is 22.4. The Morgan fingerprint density at radius 1 is 1.05 bits per heavy atom. The van der Waals surface area contributed by atoms with Gasteiger partial charge in [-0.15, -0.1) is 11.8 Å². The second-order valence-corrected chi connectivity index (χ2v) is 10.9. The van der Waals surface area contributed by atoms with Crippen LogP contribution in [0.1, 0.15) is 46.1 Å². The first-order valence-corrected chi connectivity index (χ1v) is 14.2. The van der Waals surface area contributed by atoms with Crippen LogP contribution in [0.3, 0.4) is 0 Å². The minimum atomic E-state index is -0.972. The molecule has 13 heteroatoms. The molecular weight excluding hydrogens is 572 g/mol. The average Bonchev–Trinajstić information content (AvgIpc) is 3.16. The van der Waals surface area contributed by atoms with Crippen molar-refractivity contribution in [1.29, 1.82) is 0 Å². The van der Waals surface area contributed by atoms with Crippen LogP contribution in [0.4, 0.5) is 8.78 Å². The fraction of sp³-hybridized carbons (Fsp3) is 0.310. The van der Waals surface area contributed by atoms with E-state index < -0.39 is 52.9 Å². The Balaban J connectivity index is 1.55. The number of pyridine rings is 1. The smallest absolute Gasteiger partial charge is 0.311 e. The molecule has 3 aliphatic heterocycles. The van der Waals surface area contributed by atoms with Crippen molar-refractivity contribution >= 4 is 29.6 Å². The van der Waals surface area contributed by atoms with Gasteiger partial charge < -0.3 is 19.1 Å². The van der Waals surface area contributed by atoms with Gasteiger partial charge in [-0.1, -0.05) is 24.3 Å². The Morgan fingerprint density at radius 2 is 1.83 bits per heavy atom. The van der Waals surface area contributed by atoms with Crippen LogP contribution in [-0.4, -0.2) is 60.5 Å². The number of rotatable bonds is 5. The van der Waals surface area contributed by atoms with Gasteiger partial charge in [0.25, 0.3) is 5.91 Å². The first kappa shape index (κ1) is 27.9. The fourth-order valence-electron chi connectivity index (χ4n) is 5.54. The monoisotopic (exact) mass is 597 g/mol. The maximum Gasteiger partial charge on any atom is 0.311 e. The van der Waals surface area contributed by atoms with Crippen molar-refractivity contribution < 1.29 is 37.4 Å². The summed E-state index contributed by atoms with van der Waals surface area (Å²) in [5, 5.41) is 1.78. The molecule has 10 nitrogen and oxygen atoms in total. The molecule has 0 bridgehead atoms. The average molecular weight is 598 g/mol. The summed E-state index contributed by atoms with van der Waals surface area (Å²) in [7, 11) is 1.18. The molecule has 2 aromatic carbocycles. The van der Waals surface area contributed by atoms with Crippen molar-refractivity contribution in [3.05, 3.63) is 92.9 Å². The summed E-state index contributed by atoms with van der Waals surface area (Å²) in [5.74, 6) is -4.34. The van der Waals surface area contributed by atoms with Gasteiger partial charge in [0.05, 0.1) is 39.2 Å². The summed E-state index contributed by atoms with van der Waals surface area (Å²) in [6, 6.07) is 10.5. The van der Waals surface area contributed by atoms with Gasteiger partial charge in [0.2, 0.25) is 11.2 Å². The van der Waals surface area contributed by atoms with E-state index in [4.69, 9.17) is 9.47 Å². The van der Waals surface area contributed by atoms with E-state index >= 15 is 4.39 Å². The van der Waals surface area contributed by atoms with E-state index in [2.05, 4.69) is 4.74 Å². The van der Waals surface area contributed by atoms with Crippen LogP contribution in [-0.2, 0) is 24.8 Å². The number of benzene rings is 2. The topological polar surface area (TPSA) is 107 Å². The quantitative estimate of drug-likeness (QED) is 0.410. The molecule has 6 rings (SSSR count). The Kier molecular flexibility index (Phi) is 7.45. The molecule has 3 aliphatic rings. The third-order valence-electron chi connectivity index (χ3n) is 7.51. The van der Waals surface area contributed by atoms with Crippen molar-refractivity contribution in [2.24, 2.45) is 0 Å². The molecule has 2 atom stereocenters. The fourth-order valence-corrected chi connectivity index (χ4v) is 6.65. The highest BCUT2D eigenvalue weighted by molar-refractivity contribution is 7.98. The second kappa shape index (κ2) is 11.2. The van der Waals surface area contributed by atoms with Crippen LogP contribution in [0, 0.1) is 11.6 Å². The van der Waals surface area contributed by atoms with Crippen molar-refractivity contribution in [3.8, 4) is 5.75 Å². The highest BCUT2D eigenvalue weighted by atomic mass is 32.2. The summed E-state index contributed by atoms with van der Waals surface area (Å²) >= 11 is 1.37. The summed E-state index contributed by atoms with van der Waals surface area (Å²) in [4.78, 5) is 53.5. The zero-order chi connectivity index (χ0) is 29.5. The number of nitrogens with zero attached hydrogens (tertiary/aromatic N) is 3. The number of fused-ring (bicyclic) bond motifs is 4. The predicted molar refractivity (Wildman–Crippen MR) is 146 cm³/mol. The lowest BCUT2D eigenvalue weighted by atomic mass is 9.93. The number of morpholine rings is 1. The molecule has 0 N–H and O–H groups in total. The molecule has 4 heterocycles. The number of carbonyl (C=O) groups is 3. The molecule has 3 aromatic rings. The molecule has 42 heavy (non-hydrogen) atoms. The summed E-state index contributed by atoms with van der Waals surface area (Å²) in [6.07, 6.45) is 0.0516. The van der Waals surface area contributed by atoms with Gasteiger partial charge in [-0.3, -0.25) is 28.9 Å². The molecule has 218 valence electrons. The van der Waals surface area contributed by atoms with E-state index in [1.165, 1.54) is 40.7 Å². The highest BCUT2D eigenvalue weighted by Crippen LogP contribution is 2.45. The third-order valence-corrected chi connectivity index (χ3v) is 8.63. The Labute approximate surface area is 242 Å². The number of carbonyl (C=O) groups excluding carboxylic acids is 3. The van der Waals surface area contributed by atoms with Crippen LogP contribution in [0.2, 0.25) is 0 Å². The van der Waals surface area contributed by atoms with Crippen molar-refractivity contribution in [2.75, 3.05) is 31.9 Å². The van der Waals surface area contributed by atoms with Gasteiger partial charge in [0.1, 0.15) is 6.17 Å². The standard InChI is InChI=1S/C29H25F2N3O7S/c1-39-23(36)8-9-24(37)41-28-20(35)10-11-33-27(28)29(38)32-12-13-40-14-22(32)34(33)26-16-6-7-19(30)25(31)18(16)15-42-21-5-3-2-4-17(21)26/h2-7,10-11,22,26H,8-9,12-15H2,1H3/t22-,26+/m1/s1. The normalized spacial score (nSPS) is 19.2. The Bertz CT molecular complexity index is 1660. The molecular formula is C29H25F2N3O7S. The lowest BCUT2D eigenvalue weighted by Crippen LogP contribution is -2.66. The van der Waals surface area contributed by atoms with Crippen molar-refractivity contribution in [3.63, 3.8) is 0 Å². The second-order valence-electron chi connectivity index (χ2n) is 9.84. The molecule has 1 amide bonds. The summed E-state index contributed by atoms with van der Waals surface area (Å²) in [6.45, 7) is 0.498. The number of aromatic nitrogens is 1. The van der Waals surface area contributed by atoms with Crippen LogP contribution < -0.4 is 15.2 Å². The maximum absolute atomic E-state index is 15.3. The van der Waals surface area contributed by atoms with E-state index in [1.807, 2.05) is 24.3 Å². The lowest BCUT2D eigenvalue weighted by molar-refractivity contribution is -0.144. The number of hydrogen-bond donors (Lipinski definition) is 0. The van der Waals surface area contributed by atoms with Crippen LogP contribution >= 0.6 is 11.8 Å². The van der Waals surface area contributed by atoms with E-state index in [0.29, 0.717) is 5.56 Å². The molecule has 0 radical (unpaired) electrons. The summed E-state index contributed by atoms with van der Waals surface area (Å²) in [5.41, 5.74) is 0.517. The largest absolute Gasteiger partial charge is 0.469 e. The number of halogens is 2. The molecule has 0 aliphatic carbocycles. The number of methoxy groups -OCH3 is 1. The molecule has 0 saturated carbocycles. The van der Waals surface area contributed by atoms with Gasteiger partial charge in [-0.2, -0.15) is 0 Å². The van der Waals surface area contributed by atoms with Gasteiger partial charge in [0, 0.05) is 35.0 Å². The summed E-state index contributed by atoms with van der Waals surface area (Å²) < 4.78 is 47.0. The number of ether oxygens (including phenoxy) is 3. The van der Waals surface area contributed by atoms with E-state index in [1.54, 1.807) is 5.01 Å². The van der Waals surface area contributed by atoms with E-state index in [9.17, 15) is 23.6 Å². The predicted octanol–water partition coefficient (Wildman–Crippen LogP) is 3.13. The number of hydrogen-bond acceptors (Lipinski definition) is 9. The van der Waals surface area contributed by atoms with Gasteiger partial charge in [-0.25, -0.2) is 8.78 Å². The molecule has 0 spiro atoms. The number of esters is 2. The molecule has 1 fully saturated rings. The first-order valence-electron chi connectivity index (χ1n) is 13.2. The first-order chi connectivity index (χ1) is 20.3.